The summed E-state index contributed by atoms with van der Waals surface area (Å²) in [5.74, 6) is -1.04. The zero-order valence-electron chi connectivity index (χ0n) is 7.84. The van der Waals surface area contributed by atoms with Crippen LogP contribution in [0.1, 0.15) is 16.8 Å². The molecule has 1 saturated carbocycles. The van der Waals surface area contributed by atoms with Crippen LogP contribution in [-0.2, 0) is 0 Å². The topological polar surface area (TPSA) is 55.1 Å². The van der Waals surface area contributed by atoms with Gasteiger partial charge in [0.2, 0.25) is 0 Å². The maximum Gasteiger partial charge on any atom is 0.254 e. The molecule has 1 fully saturated rings. The molecule has 1 aliphatic rings. The Labute approximate surface area is 91.4 Å². The standard InChI is InChI=1S/C10H10ClFN2O/c11-5-1-2-7(12)6(3-5)10(15)14-9-4-8(9)13/h1-3,8-9H,4,13H2,(H,14,15). The predicted molar refractivity (Wildman–Crippen MR) is 55.3 cm³/mol. The molecule has 0 aliphatic heterocycles. The van der Waals surface area contributed by atoms with Crippen molar-refractivity contribution in [3.05, 3.63) is 34.6 Å². The van der Waals surface area contributed by atoms with Gasteiger partial charge in [-0.2, -0.15) is 0 Å². The van der Waals surface area contributed by atoms with Gasteiger partial charge in [0, 0.05) is 17.1 Å². The Morgan fingerprint density at radius 2 is 2.27 bits per heavy atom. The number of nitrogens with two attached hydrogens (primary N) is 1. The molecule has 1 aromatic rings. The number of nitrogens with one attached hydrogen (secondary N) is 1. The number of halogens is 2. The predicted octanol–water partition coefficient (Wildman–Crippen LogP) is 1.31. The second kappa shape index (κ2) is 3.79. The molecule has 2 unspecified atom stereocenters. The van der Waals surface area contributed by atoms with Crippen molar-refractivity contribution in [1.29, 1.82) is 0 Å². The van der Waals surface area contributed by atoms with Gasteiger partial charge in [0.15, 0.2) is 0 Å². The van der Waals surface area contributed by atoms with Gasteiger partial charge >= 0.3 is 0 Å². The molecular formula is C10H10ClFN2O. The Morgan fingerprint density at radius 3 is 2.87 bits per heavy atom. The van der Waals surface area contributed by atoms with Crippen molar-refractivity contribution in [3.63, 3.8) is 0 Å². The maximum absolute atomic E-state index is 13.2. The maximum atomic E-state index is 13.2. The van der Waals surface area contributed by atoms with Crippen molar-refractivity contribution >= 4 is 17.5 Å². The van der Waals surface area contributed by atoms with Gasteiger partial charge in [0.25, 0.3) is 5.91 Å². The Bertz CT molecular complexity index is 410. The normalized spacial score (nSPS) is 23.7. The van der Waals surface area contributed by atoms with Crippen LogP contribution in [0.25, 0.3) is 0 Å². The summed E-state index contributed by atoms with van der Waals surface area (Å²) in [5, 5.41) is 2.96. The second-order valence-corrected chi connectivity index (χ2v) is 4.04. The largest absolute Gasteiger partial charge is 0.348 e. The zero-order valence-corrected chi connectivity index (χ0v) is 8.59. The average molecular weight is 229 g/mol. The van der Waals surface area contributed by atoms with Gasteiger partial charge in [-0.25, -0.2) is 4.39 Å². The third-order valence-corrected chi connectivity index (χ3v) is 2.56. The lowest BCUT2D eigenvalue weighted by Crippen LogP contribution is -2.30. The molecule has 15 heavy (non-hydrogen) atoms. The lowest BCUT2D eigenvalue weighted by Gasteiger charge is -2.05. The van der Waals surface area contributed by atoms with Crippen LogP contribution in [0.2, 0.25) is 5.02 Å². The van der Waals surface area contributed by atoms with E-state index in [0.717, 1.165) is 6.42 Å². The molecule has 0 bridgehead atoms. The van der Waals surface area contributed by atoms with Gasteiger partial charge in [-0.1, -0.05) is 11.6 Å². The lowest BCUT2D eigenvalue weighted by molar-refractivity contribution is 0.0946. The van der Waals surface area contributed by atoms with Crippen LogP contribution < -0.4 is 11.1 Å². The highest BCUT2D eigenvalue weighted by molar-refractivity contribution is 6.31. The van der Waals surface area contributed by atoms with E-state index in [1.165, 1.54) is 18.2 Å². The summed E-state index contributed by atoms with van der Waals surface area (Å²) >= 11 is 5.67. The second-order valence-electron chi connectivity index (χ2n) is 3.60. The van der Waals surface area contributed by atoms with Crippen molar-refractivity contribution in [2.45, 2.75) is 18.5 Å². The number of carbonyl (C=O) groups excluding carboxylic acids is 1. The van der Waals surface area contributed by atoms with Crippen LogP contribution in [0.15, 0.2) is 18.2 Å². The monoisotopic (exact) mass is 228 g/mol. The minimum atomic E-state index is -0.578. The van der Waals surface area contributed by atoms with E-state index in [4.69, 9.17) is 17.3 Å². The SMILES string of the molecule is NC1CC1NC(=O)c1cc(Cl)ccc1F. The highest BCUT2D eigenvalue weighted by atomic mass is 35.5. The number of carbonyl (C=O) groups is 1. The van der Waals surface area contributed by atoms with Gasteiger partial charge in [-0.05, 0) is 24.6 Å². The molecule has 0 aromatic heterocycles. The van der Waals surface area contributed by atoms with E-state index in [1.807, 2.05) is 0 Å². The van der Waals surface area contributed by atoms with Crippen molar-refractivity contribution in [2.24, 2.45) is 5.73 Å². The van der Waals surface area contributed by atoms with Gasteiger partial charge in [-0.3, -0.25) is 4.79 Å². The van der Waals surface area contributed by atoms with Crippen LogP contribution in [-0.4, -0.2) is 18.0 Å². The van der Waals surface area contributed by atoms with Crippen molar-refractivity contribution in [2.75, 3.05) is 0 Å². The average Bonchev–Trinajstić information content (AvgIpc) is 2.86. The molecule has 0 saturated heterocycles. The summed E-state index contributed by atoms with van der Waals surface area (Å²) in [7, 11) is 0. The van der Waals surface area contributed by atoms with Crippen LogP contribution >= 0.6 is 11.6 Å². The molecule has 2 rings (SSSR count). The number of hydrogen-bond acceptors (Lipinski definition) is 2. The number of hydrogen-bond donors (Lipinski definition) is 2. The summed E-state index contributed by atoms with van der Waals surface area (Å²) in [6.45, 7) is 0. The van der Waals surface area contributed by atoms with Gasteiger partial charge < -0.3 is 11.1 Å². The van der Waals surface area contributed by atoms with Crippen LogP contribution in [0.3, 0.4) is 0 Å². The van der Waals surface area contributed by atoms with E-state index in [-0.39, 0.29) is 17.6 Å². The minimum Gasteiger partial charge on any atom is -0.348 e. The molecule has 1 amide bonds. The molecule has 3 N–H and O–H groups in total. The fourth-order valence-corrected chi connectivity index (χ4v) is 1.47. The first kappa shape index (κ1) is 10.4. The molecule has 0 heterocycles. The van der Waals surface area contributed by atoms with Gasteiger partial charge in [0.1, 0.15) is 5.82 Å². The molecular weight excluding hydrogens is 219 g/mol. The number of rotatable bonds is 2. The fraction of sp³-hybridized carbons (Fsp3) is 0.300. The van der Waals surface area contributed by atoms with Gasteiger partial charge in [-0.15, -0.1) is 0 Å². The third kappa shape index (κ3) is 2.27. The van der Waals surface area contributed by atoms with E-state index < -0.39 is 11.7 Å². The summed E-state index contributed by atoms with van der Waals surface area (Å²) in [5.41, 5.74) is 5.49. The molecule has 3 nitrogen and oxygen atoms in total. The summed E-state index contributed by atoms with van der Waals surface area (Å²) < 4.78 is 13.2. The molecule has 5 heteroatoms. The Hall–Kier alpha value is -1.13. The highest BCUT2D eigenvalue weighted by Gasteiger charge is 2.35. The zero-order chi connectivity index (χ0) is 11.0. The van der Waals surface area contributed by atoms with E-state index in [0.29, 0.717) is 5.02 Å². The molecule has 1 aromatic carbocycles. The lowest BCUT2D eigenvalue weighted by atomic mass is 10.2. The van der Waals surface area contributed by atoms with E-state index in [9.17, 15) is 9.18 Å². The smallest absolute Gasteiger partial charge is 0.254 e. The van der Waals surface area contributed by atoms with Crippen molar-refractivity contribution in [1.82, 2.24) is 5.32 Å². The molecule has 0 radical (unpaired) electrons. The summed E-state index contributed by atoms with van der Waals surface area (Å²) in [6, 6.07) is 3.84. The Kier molecular flexibility index (Phi) is 2.63. The first-order chi connectivity index (χ1) is 7.08. The van der Waals surface area contributed by atoms with E-state index in [2.05, 4.69) is 5.32 Å². The molecule has 2 atom stereocenters. The molecule has 1 aliphatic carbocycles. The third-order valence-electron chi connectivity index (χ3n) is 2.33. The Balaban J connectivity index is 2.14. The number of benzene rings is 1. The van der Waals surface area contributed by atoms with Crippen molar-refractivity contribution in [3.8, 4) is 0 Å². The number of amides is 1. The summed E-state index contributed by atoms with van der Waals surface area (Å²) in [6.07, 6.45) is 0.744. The minimum absolute atomic E-state index is 0.00352. The van der Waals surface area contributed by atoms with Crippen LogP contribution in [0.4, 0.5) is 4.39 Å². The molecule has 0 spiro atoms. The Morgan fingerprint density at radius 1 is 1.60 bits per heavy atom. The van der Waals surface area contributed by atoms with Gasteiger partial charge in [0.05, 0.1) is 5.56 Å². The quantitative estimate of drug-likeness (QED) is 0.802. The fourth-order valence-electron chi connectivity index (χ4n) is 1.30. The van der Waals surface area contributed by atoms with Crippen LogP contribution in [0, 0.1) is 5.82 Å². The summed E-state index contributed by atoms with van der Waals surface area (Å²) in [4.78, 5) is 11.5. The van der Waals surface area contributed by atoms with E-state index in [1.54, 1.807) is 0 Å². The van der Waals surface area contributed by atoms with Crippen molar-refractivity contribution < 1.29 is 9.18 Å². The first-order valence-corrected chi connectivity index (χ1v) is 4.97. The first-order valence-electron chi connectivity index (χ1n) is 4.59. The van der Waals surface area contributed by atoms with Crippen LogP contribution in [0.5, 0.6) is 0 Å². The molecule has 80 valence electrons. The van der Waals surface area contributed by atoms with E-state index >= 15 is 0 Å². The highest BCUT2D eigenvalue weighted by Crippen LogP contribution is 2.20.